The van der Waals surface area contributed by atoms with Crippen LogP contribution in [0.1, 0.15) is 39.5 Å². The van der Waals surface area contributed by atoms with Gasteiger partial charge >= 0.3 is 0 Å². The van der Waals surface area contributed by atoms with Gasteiger partial charge in [0.15, 0.2) is 0 Å². The Kier molecular flexibility index (Phi) is 2.62. The van der Waals surface area contributed by atoms with Gasteiger partial charge in [-0.2, -0.15) is 0 Å². The lowest BCUT2D eigenvalue weighted by Gasteiger charge is -2.30. The SMILES string of the molecule is CC(C)C(=O)N1CCC(=C2CC2)CC1. The monoisotopic (exact) mass is 193 g/mol. The number of carbonyl (C=O) groups excluding carboxylic acids is 1. The maximum Gasteiger partial charge on any atom is 0.225 e. The first kappa shape index (κ1) is 9.75. The fourth-order valence-electron chi connectivity index (χ4n) is 2.13. The molecule has 1 aliphatic heterocycles. The van der Waals surface area contributed by atoms with Crippen molar-refractivity contribution in [2.24, 2.45) is 5.92 Å². The van der Waals surface area contributed by atoms with Gasteiger partial charge in [-0.05, 0) is 25.7 Å². The molecule has 1 heterocycles. The molecule has 0 aromatic rings. The van der Waals surface area contributed by atoms with E-state index in [2.05, 4.69) is 0 Å². The molecule has 2 aliphatic rings. The van der Waals surface area contributed by atoms with Crippen LogP contribution in [0.4, 0.5) is 0 Å². The molecule has 78 valence electrons. The molecule has 1 amide bonds. The number of carbonyl (C=O) groups is 1. The molecule has 1 saturated carbocycles. The Labute approximate surface area is 86.0 Å². The smallest absolute Gasteiger partial charge is 0.225 e. The van der Waals surface area contributed by atoms with Gasteiger partial charge in [-0.3, -0.25) is 4.79 Å². The summed E-state index contributed by atoms with van der Waals surface area (Å²) < 4.78 is 0. The van der Waals surface area contributed by atoms with E-state index in [0.717, 1.165) is 25.9 Å². The Bertz CT molecular complexity index is 262. The van der Waals surface area contributed by atoms with Gasteiger partial charge in [0.25, 0.3) is 0 Å². The molecule has 0 bridgehead atoms. The Hall–Kier alpha value is -0.790. The number of piperidine rings is 1. The van der Waals surface area contributed by atoms with Crippen molar-refractivity contribution in [3.8, 4) is 0 Å². The highest BCUT2D eigenvalue weighted by molar-refractivity contribution is 5.78. The number of allylic oxidation sites excluding steroid dienone is 1. The topological polar surface area (TPSA) is 20.3 Å². The van der Waals surface area contributed by atoms with Crippen molar-refractivity contribution in [1.29, 1.82) is 0 Å². The first-order valence-electron chi connectivity index (χ1n) is 5.67. The van der Waals surface area contributed by atoms with Crippen molar-refractivity contribution >= 4 is 5.91 Å². The van der Waals surface area contributed by atoms with E-state index in [-0.39, 0.29) is 5.92 Å². The van der Waals surface area contributed by atoms with Gasteiger partial charge in [-0.15, -0.1) is 0 Å². The summed E-state index contributed by atoms with van der Waals surface area (Å²) in [6.07, 6.45) is 4.92. The molecule has 14 heavy (non-hydrogen) atoms. The van der Waals surface area contributed by atoms with Gasteiger partial charge in [-0.25, -0.2) is 0 Å². The van der Waals surface area contributed by atoms with Crippen LogP contribution in [0.2, 0.25) is 0 Å². The summed E-state index contributed by atoms with van der Waals surface area (Å²) >= 11 is 0. The second-order valence-electron chi connectivity index (χ2n) is 4.69. The summed E-state index contributed by atoms with van der Waals surface area (Å²) in [5, 5.41) is 0. The Morgan fingerprint density at radius 1 is 1.07 bits per heavy atom. The molecule has 0 unspecified atom stereocenters. The van der Waals surface area contributed by atoms with E-state index in [0.29, 0.717) is 5.91 Å². The summed E-state index contributed by atoms with van der Waals surface area (Å²) in [4.78, 5) is 13.7. The average Bonchev–Trinajstić information content (AvgIpc) is 3.00. The van der Waals surface area contributed by atoms with Crippen LogP contribution in [0, 0.1) is 5.92 Å². The number of hydrogen-bond acceptors (Lipinski definition) is 1. The minimum absolute atomic E-state index is 0.158. The average molecular weight is 193 g/mol. The maximum atomic E-state index is 11.7. The molecule has 0 aromatic heterocycles. The molecule has 2 heteroatoms. The third-order valence-electron chi connectivity index (χ3n) is 3.17. The van der Waals surface area contributed by atoms with Gasteiger partial charge in [-0.1, -0.05) is 25.0 Å². The minimum atomic E-state index is 0.158. The van der Waals surface area contributed by atoms with Gasteiger partial charge < -0.3 is 4.90 Å². The van der Waals surface area contributed by atoms with Crippen molar-refractivity contribution < 1.29 is 4.79 Å². The Morgan fingerprint density at radius 2 is 1.57 bits per heavy atom. The zero-order valence-corrected chi connectivity index (χ0v) is 9.18. The number of hydrogen-bond donors (Lipinski definition) is 0. The van der Waals surface area contributed by atoms with Crippen LogP contribution in [0.3, 0.4) is 0 Å². The first-order chi connectivity index (χ1) is 6.68. The van der Waals surface area contributed by atoms with Gasteiger partial charge in [0, 0.05) is 19.0 Å². The minimum Gasteiger partial charge on any atom is -0.342 e. The van der Waals surface area contributed by atoms with Crippen molar-refractivity contribution in [2.45, 2.75) is 39.5 Å². The lowest BCUT2D eigenvalue weighted by molar-refractivity contribution is -0.134. The van der Waals surface area contributed by atoms with Crippen LogP contribution in [-0.2, 0) is 4.79 Å². The Morgan fingerprint density at radius 3 is 2.00 bits per heavy atom. The molecule has 1 saturated heterocycles. The van der Waals surface area contributed by atoms with Crippen LogP contribution >= 0.6 is 0 Å². The van der Waals surface area contributed by atoms with E-state index >= 15 is 0 Å². The second-order valence-corrected chi connectivity index (χ2v) is 4.69. The number of rotatable bonds is 1. The van der Waals surface area contributed by atoms with Crippen molar-refractivity contribution in [3.63, 3.8) is 0 Å². The van der Waals surface area contributed by atoms with Gasteiger partial charge in [0.05, 0.1) is 0 Å². The standard InChI is InChI=1S/C12H19NO/c1-9(2)12(14)13-7-5-11(6-8-13)10-3-4-10/h9H,3-8H2,1-2H3. The van der Waals surface area contributed by atoms with Crippen LogP contribution in [0.25, 0.3) is 0 Å². The highest BCUT2D eigenvalue weighted by Gasteiger charge is 2.25. The van der Waals surface area contributed by atoms with Crippen LogP contribution in [0.15, 0.2) is 11.1 Å². The quantitative estimate of drug-likeness (QED) is 0.585. The molecule has 0 N–H and O–H groups in total. The summed E-state index contributed by atoms with van der Waals surface area (Å²) in [6.45, 7) is 5.88. The predicted octanol–water partition coefficient (Wildman–Crippen LogP) is 2.36. The van der Waals surface area contributed by atoms with Gasteiger partial charge in [0.2, 0.25) is 5.91 Å². The number of amides is 1. The normalized spacial score (nSPS) is 21.8. The molecule has 2 fully saturated rings. The van der Waals surface area contributed by atoms with Gasteiger partial charge in [0.1, 0.15) is 0 Å². The highest BCUT2D eigenvalue weighted by atomic mass is 16.2. The molecule has 0 radical (unpaired) electrons. The summed E-state index contributed by atoms with van der Waals surface area (Å²) in [6, 6.07) is 0. The van der Waals surface area contributed by atoms with Crippen LogP contribution in [-0.4, -0.2) is 23.9 Å². The van der Waals surface area contributed by atoms with E-state index in [1.807, 2.05) is 18.7 Å². The fourth-order valence-corrected chi connectivity index (χ4v) is 2.13. The first-order valence-corrected chi connectivity index (χ1v) is 5.67. The van der Waals surface area contributed by atoms with E-state index < -0.39 is 0 Å². The number of likely N-dealkylation sites (tertiary alicyclic amines) is 1. The van der Waals surface area contributed by atoms with Crippen molar-refractivity contribution in [1.82, 2.24) is 4.90 Å². The third-order valence-corrected chi connectivity index (χ3v) is 3.17. The molecular formula is C12H19NO. The number of nitrogens with zero attached hydrogens (tertiary/aromatic N) is 1. The second kappa shape index (κ2) is 3.76. The molecule has 0 atom stereocenters. The summed E-state index contributed by atoms with van der Waals surface area (Å²) in [5.41, 5.74) is 3.33. The third kappa shape index (κ3) is 1.99. The Balaban J connectivity index is 1.89. The summed E-state index contributed by atoms with van der Waals surface area (Å²) in [7, 11) is 0. The van der Waals surface area contributed by atoms with Crippen LogP contribution in [0.5, 0.6) is 0 Å². The maximum absolute atomic E-state index is 11.7. The van der Waals surface area contributed by atoms with E-state index in [1.54, 1.807) is 11.1 Å². The summed E-state index contributed by atoms with van der Waals surface area (Å²) in [5.74, 6) is 0.481. The lowest BCUT2D eigenvalue weighted by Crippen LogP contribution is -2.38. The van der Waals surface area contributed by atoms with E-state index in [9.17, 15) is 4.79 Å². The molecule has 0 spiro atoms. The molecule has 2 rings (SSSR count). The fraction of sp³-hybridized carbons (Fsp3) is 0.750. The largest absolute Gasteiger partial charge is 0.342 e. The lowest BCUT2D eigenvalue weighted by atomic mass is 10.0. The van der Waals surface area contributed by atoms with E-state index in [4.69, 9.17) is 0 Å². The molecule has 1 aliphatic carbocycles. The van der Waals surface area contributed by atoms with Crippen molar-refractivity contribution in [3.05, 3.63) is 11.1 Å². The zero-order valence-electron chi connectivity index (χ0n) is 9.18. The predicted molar refractivity (Wildman–Crippen MR) is 56.9 cm³/mol. The molecular weight excluding hydrogens is 174 g/mol. The highest BCUT2D eigenvalue weighted by Crippen LogP contribution is 2.36. The molecule has 2 nitrogen and oxygen atoms in total. The molecule has 0 aromatic carbocycles. The van der Waals surface area contributed by atoms with E-state index in [1.165, 1.54) is 12.8 Å². The zero-order chi connectivity index (χ0) is 10.1. The van der Waals surface area contributed by atoms with Crippen molar-refractivity contribution in [2.75, 3.05) is 13.1 Å². The van der Waals surface area contributed by atoms with Crippen LogP contribution < -0.4 is 0 Å².